The van der Waals surface area contributed by atoms with Crippen LogP contribution >= 0.6 is 11.6 Å². The van der Waals surface area contributed by atoms with E-state index in [1.807, 2.05) is 30.3 Å². The van der Waals surface area contributed by atoms with Crippen LogP contribution in [-0.4, -0.2) is 18.0 Å². The van der Waals surface area contributed by atoms with Gasteiger partial charge in [0.2, 0.25) is 5.91 Å². The van der Waals surface area contributed by atoms with Crippen molar-refractivity contribution >= 4 is 34.0 Å². The van der Waals surface area contributed by atoms with Crippen LogP contribution in [0.5, 0.6) is 5.75 Å². The van der Waals surface area contributed by atoms with Gasteiger partial charge in [0.25, 0.3) is 0 Å². The Kier molecular flexibility index (Phi) is 4.44. The van der Waals surface area contributed by atoms with Gasteiger partial charge in [0.15, 0.2) is 0 Å². The van der Waals surface area contributed by atoms with Crippen molar-refractivity contribution in [2.75, 3.05) is 12.4 Å². The Morgan fingerprint density at radius 1 is 1.22 bits per heavy atom. The molecule has 0 aliphatic carbocycles. The van der Waals surface area contributed by atoms with Gasteiger partial charge < -0.3 is 10.1 Å². The third-order valence-corrected chi connectivity index (χ3v) is 3.73. The number of nitrogens with zero attached hydrogens (tertiary/aromatic N) is 1. The number of hydrogen-bond acceptors (Lipinski definition) is 3. The first-order valence-electron chi connectivity index (χ1n) is 7.12. The Morgan fingerprint density at radius 2 is 2.09 bits per heavy atom. The van der Waals surface area contributed by atoms with Gasteiger partial charge in [0.05, 0.1) is 25.4 Å². The van der Waals surface area contributed by atoms with E-state index < -0.39 is 0 Å². The number of anilines is 1. The monoisotopic (exact) mass is 326 g/mol. The summed E-state index contributed by atoms with van der Waals surface area (Å²) >= 11 is 5.94. The summed E-state index contributed by atoms with van der Waals surface area (Å²) in [5.74, 6) is 0.638. The number of carbonyl (C=O) groups is 1. The largest absolute Gasteiger partial charge is 0.497 e. The highest BCUT2D eigenvalue weighted by Crippen LogP contribution is 2.26. The number of benzene rings is 2. The van der Waals surface area contributed by atoms with Gasteiger partial charge >= 0.3 is 0 Å². The maximum Gasteiger partial charge on any atom is 0.228 e. The molecule has 3 rings (SSSR count). The van der Waals surface area contributed by atoms with E-state index in [1.165, 1.54) is 0 Å². The number of carbonyl (C=O) groups excluding carboxylic acids is 1. The Labute approximate surface area is 139 Å². The van der Waals surface area contributed by atoms with Crippen LogP contribution in [0, 0.1) is 0 Å². The normalized spacial score (nSPS) is 10.5. The fourth-order valence-corrected chi connectivity index (χ4v) is 2.62. The van der Waals surface area contributed by atoms with Gasteiger partial charge in [-0.15, -0.1) is 0 Å². The lowest BCUT2D eigenvalue weighted by atomic mass is 10.1. The van der Waals surface area contributed by atoms with Crippen molar-refractivity contribution in [3.05, 3.63) is 65.4 Å². The minimum Gasteiger partial charge on any atom is -0.497 e. The molecule has 4 nitrogen and oxygen atoms in total. The second-order valence-electron chi connectivity index (χ2n) is 5.13. The van der Waals surface area contributed by atoms with Crippen LogP contribution in [0.4, 0.5) is 5.69 Å². The molecule has 3 aromatic rings. The van der Waals surface area contributed by atoms with E-state index in [9.17, 15) is 4.79 Å². The number of halogens is 1. The van der Waals surface area contributed by atoms with Crippen LogP contribution in [0.2, 0.25) is 5.02 Å². The molecule has 0 spiro atoms. The van der Waals surface area contributed by atoms with E-state index in [1.54, 1.807) is 31.6 Å². The standard InChI is InChI=1S/C18H15ClN2O2/c1-23-15-5-6-16-13(9-15)10-20-11-17(16)21-18(22)8-12-3-2-4-14(19)7-12/h2-7,9-11H,8H2,1H3,(H,21,22). The Morgan fingerprint density at radius 3 is 2.87 bits per heavy atom. The van der Waals surface area contributed by atoms with Crippen LogP contribution in [0.1, 0.15) is 5.56 Å². The predicted molar refractivity (Wildman–Crippen MR) is 92.1 cm³/mol. The van der Waals surface area contributed by atoms with Crippen LogP contribution in [0.3, 0.4) is 0 Å². The van der Waals surface area contributed by atoms with Gasteiger partial charge in [-0.1, -0.05) is 23.7 Å². The lowest BCUT2D eigenvalue weighted by Crippen LogP contribution is -2.14. The lowest BCUT2D eigenvalue weighted by Gasteiger charge is -2.09. The summed E-state index contributed by atoms with van der Waals surface area (Å²) in [6.07, 6.45) is 3.64. The second-order valence-corrected chi connectivity index (χ2v) is 5.57. The number of fused-ring (bicyclic) bond motifs is 1. The first-order valence-corrected chi connectivity index (χ1v) is 7.49. The summed E-state index contributed by atoms with van der Waals surface area (Å²) in [5, 5.41) is 5.35. The van der Waals surface area contributed by atoms with Crippen molar-refractivity contribution in [3.63, 3.8) is 0 Å². The highest BCUT2D eigenvalue weighted by Gasteiger charge is 2.08. The number of aromatic nitrogens is 1. The maximum absolute atomic E-state index is 12.3. The predicted octanol–water partition coefficient (Wildman–Crippen LogP) is 4.08. The molecule has 5 heteroatoms. The van der Waals surface area contributed by atoms with E-state index in [0.29, 0.717) is 10.7 Å². The third-order valence-electron chi connectivity index (χ3n) is 3.49. The zero-order valence-electron chi connectivity index (χ0n) is 12.5. The summed E-state index contributed by atoms with van der Waals surface area (Å²) in [4.78, 5) is 16.4. The third kappa shape index (κ3) is 3.60. The number of ether oxygens (including phenoxy) is 1. The minimum absolute atomic E-state index is 0.114. The molecular formula is C18H15ClN2O2. The highest BCUT2D eigenvalue weighted by molar-refractivity contribution is 6.30. The SMILES string of the molecule is COc1ccc2c(NC(=O)Cc3cccc(Cl)c3)cncc2c1. The lowest BCUT2D eigenvalue weighted by molar-refractivity contribution is -0.115. The van der Waals surface area contributed by atoms with Crippen molar-refractivity contribution in [1.29, 1.82) is 0 Å². The van der Waals surface area contributed by atoms with Crippen LogP contribution in [-0.2, 0) is 11.2 Å². The van der Waals surface area contributed by atoms with Crippen molar-refractivity contribution < 1.29 is 9.53 Å². The number of hydrogen-bond donors (Lipinski definition) is 1. The van der Waals surface area contributed by atoms with E-state index in [-0.39, 0.29) is 12.3 Å². The van der Waals surface area contributed by atoms with Gasteiger partial charge in [0.1, 0.15) is 5.75 Å². The maximum atomic E-state index is 12.3. The summed E-state index contributed by atoms with van der Waals surface area (Å²) in [7, 11) is 1.62. The Bertz CT molecular complexity index is 865. The van der Waals surface area contributed by atoms with Gasteiger partial charge in [-0.3, -0.25) is 9.78 Å². The average molecular weight is 327 g/mol. The van der Waals surface area contributed by atoms with E-state index in [0.717, 1.165) is 22.1 Å². The quantitative estimate of drug-likeness (QED) is 0.786. The molecule has 0 atom stereocenters. The second kappa shape index (κ2) is 6.67. The topological polar surface area (TPSA) is 51.2 Å². The molecule has 1 N–H and O–H groups in total. The number of nitrogens with one attached hydrogen (secondary N) is 1. The molecule has 116 valence electrons. The molecule has 0 bridgehead atoms. The fourth-order valence-electron chi connectivity index (χ4n) is 2.41. The first-order chi connectivity index (χ1) is 11.2. The number of amides is 1. The van der Waals surface area contributed by atoms with Crippen LogP contribution in [0.15, 0.2) is 54.9 Å². The van der Waals surface area contributed by atoms with E-state index in [4.69, 9.17) is 16.3 Å². The molecule has 0 unspecified atom stereocenters. The Hall–Kier alpha value is -2.59. The molecule has 2 aromatic carbocycles. The molecule has 1 heterocycles. The molecule has 0 radical (unpaired) electrons. The fraction of sp³-hybridized carbons (Fsp3) is 0.111. The number of rotatable bonds is 4. The zero-order chi connectivity index (χ0) is 16.2. The molecule has 0 saturated heterocycles. The minimum atomic E-state index is -0.114. The molecule has 0 aliphatic rings. The van der Waals surface area contributed by atoms with Gasteiger partial charge in [-0.2, -0.15) is 0 Å². The summed E-state index contributed by atoms with van der Waals surface area (Å²) in [6.45, 7) is 0. The summed E-state index contributed by atoms with van der Waals surface area (Å²) < 4.78 is 5.21. The summed E-state index contributed by atoms with van der Waals surface area (Å²) in [6, 6.07) is 12.9. The summed E-state index contributed by atoms with van der Waals surface area (Å²) in [5.41, 5.74) is 1.54. The van der Waals surface area contributed by atoms with Gasteiger partial charge in [-0.25, -0.2) is 0 Å². The average Bonchev–Trinajstić information content (AvgIpc) is 2.54. The molecule has 0 fully saturated rings. The van der Waals surface area contributed by atoms with Crippen molar-refractivity contribution in [3.8, 4) is 5.75 Å². The van der Waals surface area contributed by atoms with E-state index >= 15 is 0 Å². The van der Waals surface area contributed by atoms with Gasteiger partial charge in [-0.05, 0) is 35.9 Å². The van der Waals surface area contributed by atoms with Crippen molar-refractivity contribution in [1.82, 2.24) is 4.98 Å². The molecule has 23 heavy (non-hydrogen) atoms. The molecule has 0 aliphatic heterocycles. The highest BCUT2D eigenvalue weighted by atomic mass is 35.5. The van der Waals surface area contributed by atoms with Crippen molar-refractivity contribution in [2.24, 2.45) is 0 Å². The number of pyridine rings is 1. The smallest absolute Gasteiger partial charge is 0.228 e. The van der Waals surface area contributed by atoms with Crippen molar-refractivity contribution in [2.45, 2.75) is 6.42 Å². The molecular weight excluding hydrogens is 312 g/mol. The first kappa shape index (κ1) is 15.3. The van der Waals surface area contributed by atoms with Gasteiger partial charge in [0, 0.05) is 22.0 Å². The van der Waals surface area contributed by atoms with E-state index in [2.05, 4.69) is 10.3 Å². The molecule has 0 saturated carbocycles. The van der Waals surface area contributed by atoms with Crippen LogP contribution < -0.4 is 10.1 Å². The van der Waals surface area contributed by atoms with Crippen LogP contribution in [0.25, 0.3) is 10.8 Å². The number of methoxy groups -OCH3 is 1. The molecule has 1 aromatic heterocycles. The zero-order valence-corrected chi connectivity index (χ0v) is 13.3. The Balaban J connectivity index is 1.82. The molecule has 1 amide bonds.